The molecule has 0 aromatic heterocycles. The molecule has 1 aliphatic rings. The number of unbranched alkanes of at least 4 members (excludes halogenated alkanes) is 2. The molecule has 0 unspecified atom stereocenters. The van der Waals surface area contributed by atoms with Crippen molar-refractivity contribution in [2.24, 2.45) is 5.73 Å². The second-order valence-electron chi connectivity index (χ2n) is 8.87. The number of piperazine rings is 1. The normalized spacial score (nSPS) is 13.5. The van der Waals surface area contributed by atoms with Crippen molar-refractivity contribution in [1.82, 2.24) is 15.1 Å². The van der Waals surface area contributed by atoms with E-state index >= 15 is 0 Å². The van der Waals surface area contributed by atoms with Gasteiger partial charge in [0, 0.05) is 49.4 Å². The van der Waals surface area contributed by atoms with E-state index in [1.165, 1.54) is 12.1 Å². The fourth-order valence-electron chi connectivity index (χ4n) is 4.23. The Kier molecular flexibility index (Phi) is 10.3. The van der Waals surface area contributed by atoms with Crippen molar-refractivity contribution < 1.29 is 18.8 Å². The highest BCUT2D eigenvalue weighted by Crippen LogP contribution is 2.18. The molecule has 8 nitrogen and oxygen atoms in total. The van der Waals surface area contributed by atoms with Crippen molar-refractivity contribution in [2.75, 3.05) is 45.8 Å². The molecule has 2 aromatic rings. The van der Waals surface area contributed by atoms with Crippen LogP contribution in [0.1, 0.15) is 51.1 Å². The van der Waals surface area contributed by atoms with Gasteiger partial charge in [-0.3, -0.25) is 14.4 Å². The summed E-state index contributed by atoms with van der Waals surface area (Å²) in [6.45, 7) is 3.14. The molecule has 0 atom stereocenters. The van der Waals surface area contributed by atoms with E-state index in [1.54, 1.807) is 40.1 Å². The first-order valence-corrected chi connectivity index (χ1v) is 12.3. The number of rotatable bonds is 12. The maximum absolute atomic E-state index is 14.6. The standard InChI is InChI=1S/C27H34FN5O3/c28-24-9-8-20(17-25(30)22-7-3-2-6-21(22)19-34)16-23(24)27(36)33-14-12-32(13-15-33)26(35)18-31-11-5-1-4-10-29/h2-3,6-9,16,19,30-31H,1,4-5,10-15,17-18,29H2. The first-order chi connectivity index (χ1) is 17.4. The van der Waals surface area contributed by atoms with Crippen molar-refractivity contribution in [1.29, 1.82) is 5.41 Å². The number of carbonyl (C=O) groups excluding carboxylic acids is 3. The van der Waals surface area contributed by atoms with Crippen molar-refractivity contribution in [3.8, 4) is 0 Å². The van der Waals surface area contributed by atoms with E-state index in [0.29, 0.717) is 55.7 Å². The second kappa shape index (κ2) is 13.6. The van der Waals surface area contributed by atoms with Gasteiger partial charge < -0.3 is 26.3 Å². The van der Waals surface area contributed by atoms with Crippen molar-refractivity contribution in [2.45, 2.75) is 25.7 Å². The summed E-state index contributed by atoms with van der Waals surface area (Å²) < 4.78 is 14.6. The van der Waals surface area contributed by atoms with E-state index in [4.69, 9.17) is 11.1 Å². The molecule has 0 radical (unpaired) electrons. The third-order valence-corrected chi connectivity index (χ3v) is 6.31. The summed E-state index contributed by atoms with van der Waals surface area (Å²) in [5.41, 5.74) is 7.16. The number of hydrogen-bond acceptors (Lipinski definition) is 6. The van der Waals surface area contributed by atoms with Gasteiger partial charge in [-0.25, -0.2) is 4.39 Å². The van der Waals surface area contributed by atoms with Gasteiger partial charge in [-0.15, -0.1) is 0 Å². The Bertz CT molecular complexity index is 1080. The maximum atomic E-state index is 14.6. The summed E-state index contributed by atoms with van der Waals surface area (Å²) in [4.78, 5) is 40.1. The van der Waals surface area contributed by atoms with Crippen LogP contribution in [0.5, 0.6) is 0 Å². The second-order valence-corrected chi connectivity index (χ2v) is 8.87. The number of nitrogens with one attached hydrogen (secondary N) is 2. The van der Waals surface area contributed by atoms with Crippen LogP contribution in [0.15, 0.2) is 42.5 Å². The van der Waals surface area contributed by atoms with Crippen LogP contribution in [-0.2, 0) is 11.2 Å². The zero-order chi connectivity index (χ0) is 25.9. The molecule has 0 bridgehead atoms. The van der Waals surface area contributed by atoms with Gasteiger partial charge in [0.1, 0.15) is 5.82 Å². The molecule has 192 valence electrons. The van der Waals surface area contributed by atoms with Crippen LogP contribution in [0.3, 0.4) is 0 Å². The molecule has 3 rings (SSSR count). The minimum atomic E-state index is -0.624. The van der Waals surface area contributed by atoms with Gasteiger partial charge in [-0.1, -0.05) is 36.8 Å². The smallest absolute Gasteiger partial charge is 0.256 e. The van der Waals surface area contributed by atoms with Gasteiger partial charge in [0.05, 0.1) is 12.1 Å². The lowest BCUT2D eigenvalue weighted by molar-refractivity contribution is -0.131. The van der Waals surface area contributed by atoms with Gasteiger partial charge in [0.25, 0.3) is 5.91 Å². The van der Waals surface area contributed by atoms with Crippen LogP contribution in [0, 0.1) is 11.2 Å². The molecule has 1 heterocycles. The third-order valence-electron chi connectivity index (χ3n) is 6.31. The molecular weight excluding hydrogens is 461 g/mol. The molecule has 9 heteroatoms. The van der Waals surface area contributed by atoms with Gasteiger partial charge >= 0.3 is 0 Å². The molecule has 36 heavy (non-hydrogen) atoms. The molecule has 0 aliphatic carbocycles. The van der Waals surface area contributed by atoms with E-state index in [1.807, 2.05) is 0 Å². The monoisotopic (exact) mass is 495 g/mol. The van der Waals surface area contributed by atoms with E-state index in [2.05, 4.69) is 5.32 Å². The molecule has 1 aliphatic heterocycles. The third kappa shape index (κ3) is 7.29. The summed E-state index contributed by atoms with van der Waals surface area (Å²) in [5.74, 6) is -1.07. The Labute approximate surface area is 211 Å². The van der Waals surface area contributed by atoms with Gasteiger partial charge in [-0.2, -0.15) is 0 Å². The lowest BCUT2D eigenvalue weighted by Crippen LogP contribution is -2.52. The number of carbonyl (C=O) groups is 3. The number of nitrogens with two attached hydrogens (primary N) is 1. The van der Waals surface area contributed by atoms with Crippen LogP contribution in [0.2, 0.25) is 0 Å². The van der Waals surface area contributed by atoms with Crippen molar-refractivity contribution >= 4 is 23.8 Å². The molecule has 1 saturated heterocycles. The Morgan fingerprint density at radius 1 is 1.00 bits per heavy atom. The maximum Gasteiger partial charge on any atom is 0.256 e. The van der Waals surface area contributed by atoms with E-state index in [-0.39, 0.29) is 30.1 Å². The van der Waals surface area contributed by atoms with Crippen LogP contribution < -0.4 is 11.1 Å². The topological polar surface area (TPSA) is 120 Å². The van der Waals surface area contributed by atoms with Gasteiger partial charge in [-0.05, 0) is 43.6 Å². The van der Waals surface area contributed by atoms with Gasteiger partial charge in [0.2, 0.25) is 5.91 Å². The predicted molar refractivity (Wildman–Crippen MR) is 137 cm³/mol. The molecule has 1 fully saturated rings. The highest BCUT2D eigenvalue weighted by molar-refractivity contribution is 6.05. The Morgan fingerprint density at radius 2 is 1.72 bits per heavy atom. The SMILES string of the molecule is N=C(Cc1ccc(F)c(C(=O)N2CCN(C(=O)CNCCCCCN)CC2)c1)c1ccccc1C=O. The van der Waals surface area contributed by atoms with E-state index in [0.717, 1.165) is 25.8 Å². The first-order valence-electron chi connectivity index (χ1n) is 12.3. The largest absolute Gasteiger partial charge is 0.338 e. The fourth-order valence-corrected chi connectivity index (χ4v) is 4.23. The number of nitrogens with zero attached hydrogens (tertiary/aromatic N) is 2. The predicted octanol–water partition coefficient (Wildman–Crippen LogP) is 2.25. The lowest BCUT2D eigenvalue weighted by Gasteiger charge is -2.35. The van der Waals surface area contributed by atoms with Gasteiger partial charge in [0.15, 0.2) is 6.29 Å². The zero-order valence-electron chi connectivity index (χ0n) is 20.5. The zero-order valence-corrected chi connectivity index (χ0v) is 20.5. The Hall–Kier alpha value is -3.43. The number of amides is 2. The molecule has 0 saturated carbocycles. The molecule has 2 aromatic carbocycles. The summed E-state index contributed by atoms with van der Waals surface area (Å²) in [7, 11) is 0. The molecule has 0 spiro atoms. The Morgan fingerprint density at radius 3 is 2.44 bits per heavy atom. The van der Waals surface area contributed by atoms with Crippen molar-refractivity contribution in [3.05, 3.63) is 70.5 Å². The van der Waals surface area contributed by atoms with Crippen LogP contribution >= 0.6 is 0 Å². The summed E-state index contributed by atoms with van der Waals surface area (Å²) in [5, 5.41) is 11.5. The van der Waals surface area contributed by atoms with Crippen molar-refractivity contribution in [3.63, 3.8) is 0 Å². The summed E-state index contributed by atoms with van der Waals surface area (Å²) in [6.07, 6.45) is 3.84. The number of halogens is 1. The summed E-state index contributed by atoms with van der Waals surface area (Å²) >= 11 is 0. The van der Waals surface area contributed by atoms with Crippen LogP contribution in [-0.4, -0.2) is 79.4 Å². The molecule has 2 amide bonds. The number of benzene rings is 2. The van der Waals surface area contributed by atoms with E-state index in [9.17, 15) is 18.8 Å². The number of hydrogen-bond donors (Lipinski definition) is 3. The minimum absolute atomic E-state index is 0.0109. The minimum Gasteiger partial charge on any atom is -0.338 e. The van der Waals surface area contributed by atoms with Crippen LogP contribution in [0.25, 0.3) is 0 Å². The average molecular weight is 496 g/mol. The summed E-state index contributed by atoms with van der Waals surface area (Å²) in [6, 6.07) is 11.1. The fraction of sp³-hybridized carbons (Fsp3) is 0.407. The Balaban J connectivity index is 1.55. The van der Waals surface area contributed by atoms with Crippen LogP contribution in [0.4, 0.5) is 4.39 Å². The highest BCUT2D eigenvalue weighted by Gasteiger charge is 2.26. The molecule has 4 N–H and O–H groups in total. The lowest BCUT2D eigenvalue weighted by atomic mass is 9.97. The number of aldehydes is 1. The average Bonchev–Trinajstić information content (AvgIpc) is 2.91. The molecular formula is C27H34FN5O3. The highest BCUT2D eigenvalue weighted by atomic mass is 19.1. The van der Waals surface area contributed by atoms with E-state index < -0.39 is 11.7 Å². The quantitative estimate of drug-likeness (QED) is 0.237. The first kappa shape index (κ1) is 27.2.